The Kier molecular flexibility index (Phi) is 4.74. The van der Waals surface area contributed by atoms with Crippen LogP contribution < -0.4 is 5.32 Å². The second-order valence-corrected chi connectivity index (χ2v) is 4.88. The molecule has 0 aliphatic carbocycles. The van der Waals surface area contributed by atoms with Gasteiger partial charge in [0, 0.05) is 32.4 Å². The lowest BCUT2D eigenvalue weighted by atomic mass is 10.2. The number of likely N-dealkylation sites (N-methyl/N-ethyl adjacent to an activating group) is 1. The summed E-state index contributed by atoms with van der Waals surface area (Å²) in [6, 6.07) is 3.67. The first-order chi connectivity index (χ1) is 9.22. The topological polar surface area (TPSA) is 48.5 Å². The van der Waals surface area contributed by atoms with Gasteiger partial charge in [-0.15, -0.1) is 0 Å². The highest BCUT2D eigenvalue weighted by Crippen LogP contribution is 2.15. The van der Waals surface area contributed by atoms with Gasteiger partial charge < -0.3 is 15.1 Å². The van der Waals surface area contributed by atoms with Gasteiger partial charge in [0.25, 0.3) is 5.91 Å². The third-order valence-corrected chi connectivity index (χ3v) is 3.39. The van der Waals surface area contributed by atoms with Gasteiger partial charge in [-0.2, -0.15) is 0 Å². The highest BCUT2D eigenvalue weighted by Gasteiger charge is 2.21. The maximum Gasteiger partial charge on any atom is 0.257 e. The van der Waals surface area contributed by atoms with E-state index in [0.29, 0.717) is 11.4 Å². The van der Waals surface area contributed by atoms with E-state index < -0.39 is 0 Å². The average molecular weight is 262 g/mol. The standard InChI is InChI=1S/C14H22N4O/c1-3-15-13-12(6-4-7-16-13)14(19)18-9-5-8-17(2)10-11-18/h4,6-7H,3,5,8-11H2,1-2H3,(H,15,16). The van der Waals surface area contributed by atoms with Crippen LogP contribution in [0.2, 0.25) is 0 Å². The SMILES string of the molecule is CCNc1ncccc1C(=O)N1CCCN(C)CC1. The molecule has 5 heteroatoms. The van der Waals surface area contributed by atoms with Crippen molar-refractivity contribution in [2.75, 3.05) is 45.1 Å². The number of nitrogens with one attached hydrogen (secondary N) is 1. The van der Waals surface area contributed by atoms with E-state index in [1.807, 2.05) is 24.0 Å². The van der Waals surface area contributed by atoms with Crippen LogP contribution in [0.4, 0.5) is 5.82 Å². The highest BCUT2D eigenvalue weighted by molar-refractivity contribution is 5.98. The van der Waals surface area contributed by atoms with Crippen molar-refractivity contribution in [3.8, 4) is 0 Å². The van der Waals surface area contributed by atoms with Crippen LogP contribution >= 0.6 is 0 Å². The van der Waals surface area contributed by atoms with Crippen LogP contribution in [-0.4, -0.2) is 60.5 Å². The Bertz CT molecular complexity index is 435. The summed E-state index contributed by atoms with van der Waals surface area (Å²) < 4.78 is 0. The second-order valence-electron chi connectivity index (χ2n) is 4.88. The van der Waals surface area contributed by atoms with Crippen molar-refractivity contribution in [3.05, 3.63) is 23.9 Å². The van der Waals surface area contributed by atoms with Gasteiger partial charge in [-0.25, -0.2) is 4.98 Å². The number of rotatable bonds is 3. The number of hydrogen-bond acceptors (Lipinski definition) is 4. The summed E-state index contributed by atoms with van der Waals surface area (Å²) in [6.45, 7) is 6.36. The molecule has 0 unspecified atom stereocenters. The lowest BCUT2D eigenvalue weighted by Gasteiger charge is -2.21. The van der Waals surface area contributed by atoms with Gasteiger partial charge in [0.05, 0.1) is 5.56 Å². The maximum absolute atomic E-state index is 12.6. The van der Waals surface area contributed by atoms with Gasteiger partial charge in [-0.1, -0.05) is 0 Å². The van der Waals surface area contributed by atoms with Gasteiger partial charge in [-0.05, 0) is 39.1 Å². The molecule has 1 aliphatic heterocycles. The number of carbonyl (C=O) groups excluding carboxylic acids is 1. The lowest BCUT2D eigenvalue weighted by Crippen LogP contribution is -2.35. The number of anilines is 1. The van der Waals surface area contributed by atoms with Gasteiger partial charge in [0.1, 0.15) is 5.82 Å². The molecule has 1 saturated heterocycles. The Balaban J connectivity index is 2.14. The number of carbonyl (C=O) groups is 1. The molecule has 1 fully saturated rings. The summed E-state index contributed by atoms with van der Waals surface area (Å²) >= 11 is 0. The molecule has 0 bridgehead atoms. The molecule has 0 radical (unpaired) electrons. The summed E-state index contributed by atoms with van der Waals surface area (Å²) in [5.74, 6) is 0.770. The predicted octanol–water partition coefficient (Wildman–Crippen LogP) is 1.29. The smallest absolute Gasteiger partial charge is 0.257 e. The fourth-order valence-corrected chi connectivity index (χ4v) is 2.31. The number of pyridine rings is 1. The van der Waals surface area contributed by atoms with E-state index in [-0.39, 0.29) is 5.91 Å². The summed E-state index contributed by atoms with van der Waals surface area (Å²) in [4.78, 5) is 21.0. The molecule has 0 aromatic carbocycles. The minimum absolute atomic E-state index is 0.0827. The largest absolute Gasteiger partial charge is 0.370 e. The van der Waals surface area contributed by atoms with Crippen molar-refractivity contribution in [2.24, 2.45) is 0 Å². The van der Waals surface area contributed by atoms with Crippen LogP contribution in [0.3, 0.4) is 0 Å². The molecule has 2 heterocycles. The molecule has 5 nitrogen and oxygen atoms in total. The second kappa shape index (κ2) is 6.52. The summed E-state index contributed by atoms with van der Waals surface area (Å²) in [5, 5.41) is 3.15. The molecule has 104 valence electrons. The van der Waals surface area contributed by atoms with E-state index >= 15 is 0 Å². The van der Waals surface area contributed by atoms with E-state index in [9.17, 15) is 4.79 Å². The van der Waals surface area contributed by atoms with E-state index in [0.717, 1.165) is 39.1 Å². The molecule has 1 N–H and O–H groups in total. The monoisotopic (exact) mass is 262 g/mol. The fourth-order valence-electron chi connectivity index (χ4n) is 2.31. The first-order valence-electron chi connectivity index (χ1n) is 6.89. The summed E-state index contributed by atoms with van der Waals surface area (Å²) in [7, 11) is 2.10. The molecule has 0 saturated carbocycles. The van der Waals surface area contributed by atoms with Crippen molar-refractivity contribution in [1.29, 1.82) is 0 Å². The van der Waals surface area contributed by atoms with Gasteiger partial charge >= 0.3 is 0 Å². The lowest BCUT2D eigenvalue weighted by molar-refractivity contribution is 0.0763. The van der Waals surface area contributed by atoms with Crippen molar-refractivity contribution in [1.82, 2.24) is 14.8 Å². The molecular weight excluding hydrogens is 240 g/mol. The number of amides is 1. The van der Waals surface area contributed by atoms with Gasteiger partial charge in [0.2, 0.25) is 0 Å². The zero-order chi connectivity index (χ0) is 13.7. The Hall–Kier alpha value is -1.62. The van der Waals surface area contributed by atoms with E-state index in [2.05, 4.69) is 22.2 Å². The van der Waals surface area contributed by atoms with Crippen LogP contribution in [0.5, 0.6) is 0 Å². The van der Waals surface area contributed by atoms with Crippen LogP contribution in [-0.2, 0) is 0 Å². The number of aromatic nitrogens is 1. The maximum atomic E-state index is 12.6. The van der Waals surface area contributed by atoms with Crippen molar-refractivity contribution >= 4 is 11.7 Å². The van der Waals surface area contributed by atoms with Crippen LogP contribution in [0.1, 0.15) is 23.7 Å². The minimum atomic E-state index is 0.0827. The normalized spacial score (nSPS) is 17.1. The average Bonchev–Trinajstić information content (AvgIpc) is 2.64. The van der Waals surface area contributed by atoms with Crippen LogP contribution in [0, 0.1) is 0 Å². The van der Waals surface area contributed by atoms with Crippen molar-refractivity contribution < 1.29 is 4.79 Å². The first kappa shape index (κ1) is 13.8. The molecule has 0 spiro atoms. The van der Waals surface area contributed by atoms with Crippen molar-refractivity contribution in [3.63, 3.8) is 0 Å². The van der Waals surface area contributed by atoms with Gasteiger partial charge in [0.15, 0.2) is 0 Å². The minimum Gasteiger partial charge on any atom is -0.370 e. The Morgan fingerprint density at radius 2 is 2.21 bits per heavy atom. The molecule has 1 aliphatic rings. The summed E-state index contributed by atoms with van der Waals surface area (Å²) in [5.41, 5.74) is 0.675. The van der Waals surface area contributed by atoms with E-state index in [4.69, 9.17) is 0 Å². The Labute approximate surface area is 114 Å². The summed E-state index contributed by atoms with van der Waals surface area (Å²) in [6.07, 6.45) is 2.74. The zero-order valence-corrected chi connectivity index (χ0v) is 11.7. The third-order valence-electron chi connectivity index (χ3n) is 3.39. The quantitative estimate of drug-likeness (QED) is 0.892. The zero-order valence-electron chi connectivity index (χ0n) is 11.7. The Morgan fingerprint density at radius 3 is 3.00 bits per heavy atom. The van der Waals surface area contributed by atoms with E-state index in [1.54, 1.807) is 6.20 Å². The molecule has 1 amide bonds. The van der Waals surface area contributed by atoms with Gasteiger partial charge in [-0.3, -0.25) is 4.79 Å². The number of nitrogens with zero attached hydrogens (tertiary/aromatic N) is 3. The van der Waals surface area contributed by atoms with Crippen LogP contribution in [0.15, 0.2) is 18.3 Å². The number of hydrogen-bond donors (Lipinski definition) is 1. The molecule has 1 aromatic heterocycles. The van der Waals surface area contributed by atoms with Crippen molar-refractivity contribution in [2.45, 2.75) is 13.3 Å². The predicted molar refractivity (Wildman–Crippen MR) is 76.4 cm³/mol. The fraction of sp³-hybridized carbons (Fsp3) is 0.571. The molecule has 19 heavy (non-hydrogen) atoms. The highest BCUT2D eigenvalue weighted by atomic mass is 16.2. The third kappa shape index (κ3) is 3.44. The Morgan fingerprint density at radius 1 is 1.37 bits per heavy atom. The van der Waals surface area contributed by atoms with E-state index in [1.165, 1.54) is 0 Å². The molecule has 1 aromatic rings. The molecule has 0 atom stereocenters. The van der Waals surface area contributed by atoms with Crippen LogP contribution in [0.25, 0.3) is 0 Å². The first-order valence-corrected chi connectivity index (χ1v) is 6.89. The molecule has 2 rings (SSSR count). The molecular formula is C14H22N4O.